The van der Waals surface area contributed by atoms with Gasteiger partial charge in [-0.25, -0.2) is 9.78 Å². The van der Waals surface area contributed by atoms with Crippen LogP contribution in [0.1, 0.15) is 36.5 Å². The van der Waals surface area contributed by atoms with Gasteiger partial charge in [-0.2, -0.15) is 0 Å². The Morgan fingerprint density at radius 1 is 1.35 bits per heavy atom. The summed E-state index contributed by atoms with van der Waals surface area (Å²) >= 11 is 0. The minimum absolute atomic E-state index is 0.288. The lowest BCUT2D eigenvalue weighted by atomic mass is 10.1. The van der Waals surface area contributed by atoms with E-state index in [1.165, 1.54) is 19.3 Å². The molecule has 0 aliphatic carbocycles. The van der Waals surface area contributed by atoms with Gasteiger partial charge in [0, 0.05) is 13.1 Å². The van der Waals surface area contributed by atoms with E-state index in [2.05, 4.69) is 14.9 Å². The Labute approximate surface area is 117 Å². The lowest BCUT2D eigenvalue weighted by Gasteiger charge is -2.25. The molecule has 106 valence electrons. The Kier molecular flexibility index (Phi) is 3.58. The summed E-state index contributed by atoms with van der Waals surface area (Å²) in [4.78, 5) is 21.9. The number of nitrogens with one attached hydrogen (secondary N) is 1. The largest absolute Gasteiger partial charge is 0.462 e. The van der Waals surface area contributed by atoms with Crippen molar-refractivity contribution in [1.29, 1.82) is 0 Å². The first-order valence-corrected chi connectivity index (χ1v) is 7.20. The van der Waals surface area contributed by atoms with Crippen LogP contribution in [0.2, 0.25) is 0 Å². The highest BCUT2D eigenvalue weighted by Gasteiger charge is 2.15. The van der Waals surface area contributed by atoms with Gasteiger partial charge in [0.2, 0.25) is 5.95 Å². The van der Waals surface area contributed by atoms with Gasteiger partial charge in [0.05, 0.1) is 23.2 Å². The number of aromatic nitrogens is 2. The van der Waals surface area contributed by atoms with E-state index in [-0.39, 0.29) is 5.97 Å². The average Bonchev–Trinajstić information content (AvgIpc) is 2.91. The molecule has 0 saturated carbocycles. The van der Waals surface area contributed by atoms with Crippen molar-refractivity contribution in [3.05, 3.63) is 23.8 Å². The summed E-state index contributed by atoms with van der Waals surface area (Å²) in [5.41, 5.74) is 2.34. The Bertz CT molecular complexity index is 615. The standard InChI is InChI=1S/C15H19N3O2/c1-2-20-14(19)11-6-7-12-13(10-11)17-15(16-12)18-8-4-3-5-9-18/h6-7,10H,2-5,8-9H2,1H3,(H,16,17). The highest BCUT2D eigenvalue weighted by Crippen LogP contribution is 2.21. The Morgan fingerprint density at radius 2 is 2.15 bits per heavy atom. The maximum Gasteiger partial charge on any atom is 0.338 e. The molecular formula is C15H19N3O2. The molecule has 1 N–H and O–H groups in total. The molecule has 1 aromatic heterocycles. The van der Waals surface area contributed by atoms with Crippen LogP contribution in [0.4, 0.5) is 5.95 Å². The number of hydrogen-bond acceptors (Lipinski definition) is 4. The van der Waals surface area contributed by atoms with Crippen molar-refractivity contribution >= 4 is 23.0 Å². The van der Waals surface area contributed by atoms with Crippen molar-refractivity contribution in [3.8, 4) is 0 Å². The van der Waals surface area contributed by atoms with Crippen LogP contribution in [0.15, 0.2) is 18.2 Å². The molecule has 20 heavy (non-hydrogen) atoms. The lowest BCUT2D eigenvalue weighted by molar-refractivity contribution is 0.0526. The Morgan fingerprint density at radius 3 is 2.90 bits per heavy atom. The summed E-state index contributed by atoms with van der Waals surface area (Å²) in [6, 6.07) is 5.44. The first-order chi connectivity index (χ1) is 9.78. The van der Waals surface area contributed by atoms with Crippen LogP contribution in [-0.2, 0) is 4.74 Å². The second-order valence-corrected chi connectivity index (χ2v) is 5.06. The zero-order valence-corrected chi connectivity index (χ0v) is 11.7. The number of H-pyrrole nitrogens is 1. The van der Waals surface area contributed by atoms with Crippen molar-refractivity contribution < 1.29 is 9.53 Å². The fourth-order valence-electron chi connectivity index (χ4n) is 2.59. The number of fused-ring (bicyclic) bond motifs is 1. The van der Waals surface area contributed by atoms with Crippen LogP contribution in [0, 0.1) is 0 Å². The number of anilines is 1. The van der Waals surface area contributed by atoms with Crippen molar-refractivity contribution in [2.24, 2.45) is 0 Å². The highest BCUT2D eigenvalue weighted by molar-refractivity contribution is 5.94. The van der Waals surface area contributed by atoms with E-state index in [0.717, 1.165) is 30.1 Å². The van der Waals surface area contributed by atoms with E-state index in [1.807, 2.05) is 12.1 Å². The topological polar surface area (TPSA) is 58.2 Å². The van der Waals surface area contributed by atoms with Crippen molar-refractivity contribution in [1.82, 2.24) is 9.97 Å². The monoisotopic (exact) mass is 273 g/mol. The number of carbonyl (C=O) groups excluding carboxylic acids is 1. The van der Waals surface area contributed by atoms with Gasteiger partial charge < -0.3 is 14.6 Å². The van der Waals surface area contributed by atoms with Crippen LogP contribution in [0.5, 0.6) is 0 Å². The van der Waals surface area contributed by atoms with Gasteiger partial charge in [-0.05, 0) is 44.4 Å². The first kappa shape index (κ1) is 13.0. The molecule has 5 heteroatoms. The maximum absolute atomic E-state index is 11.7. The third-order valence-electron chi connectivity index (χ3n) is 3.64. The summed E-state index contributed by atoms with van der Waals surface area (Å²) in [5.74, 6) is 0.615. The van der Waals surface area contributed by atoms with Gasteiger partial charge in [-0.1, -0.05) is 0 Å². The van der Waals surface area contributed by atoms with E-state index >= 15 is 0 Å². The third-order valence-corrected chi connectivity index (χ3v) is 3.64. The smallest absolute Gasteiger partial charge is 0.338 e. The van der Waals surface area contributed by atoms with Gasteiger partial charge in [-0.15, -0.1) is 0 Å². The van der Waals surface area contributed by atoms with E-state index in [9.17, 15) is 4.79 Å². The molecule has 1 fully saturated rings. The zero-order chi connectivity index (χ0) is 13.9. The number of aromatic amines is 1. The minimum atomic E-state index is -0.288. The molecule has 0 amide bonds. The first-order valence-electron chi connectivity index (χ1n) is 7.20. The quantitative estimate of drug-likeness (QED) is 0.874. The minimum Gasteiger partial charge on any atom is -0.462 e. The van der Waals surface area contributed by atoms with Crippen LogP contribution in [-0.4, -0.2) is 35.6 Å². The summed E-state index contributed by atoms with van der Waals surface area (Å²) in [5, 5.41) is 0. The summed E-state index contributed by atoms with van der Waals surface area (Å²) < 4.78 is 5.02. The third kappa shape index (κ3) is 2.48. The molecule has 0 atom stereocenters. The van der Waals surface area contributed by atoms with Gasteiger partial charge in [0.1, 0.15) is 0 Å². The fraction of sp³-hybridized carbons (Fsp3) is 0.467. The number of hydrogen-bond donors (Lipinski definition) is 1. The van der Waals surface area contributed by atoms with E-state index in [1.54, 1.807) is 13.0 Å². The number of imidazole rings is 1. The van der Waals surface area contributed by atoms with Gasteiger partial charge in [-0.3, -0.25) is 0 Å². The number of benzene rings is 1. The molecule has 2 heterocycles. The van der Waals surface area contributed by atoms with Crippen molar-refractivity contribution in [3.63, 3.8) is 0 Å². The Balaban J connectivity index is 1.88. The molecule has 1 aromatic carbocycles. The van der Waals surface area contributed by atoms with Crippen molar-refractivity contribution in [2.75, 3.05) is 24.6 Å². The molecule has 3 rings (SSSR count). The molecule has 1 aliphatic heterocycles. The van der Waals surface area contributed by atoms with Crippen LogP contribution < -0.4 is 4.90 Å². The predicted molar refractivity (Wildman–Crippen MR) is 78.1 cm³/mol. The number of ether oxygens (including phenoxy) is 1. The van der Waals surface area contributed by atoms with Crippen LogP contribution in [0.3, 0.4) is 0 Å². The normalized spacial score (nSPS) is 15.6. The molecule has 0 spiro atoms. The predicted octanol–water partition coefficient (Wildman–Crippen LogP) is 2.73. The Hall–Kier alpha value is -2.04. The van der Waals surface area contributed by atoms with Gasteiger partial charge in [0.15, 0.2) is 0 Å². The molecular weight excluding hydrogens is 254 g/mol. The second kappa shape index (κ2) is 5.53. The number of rotatable bonds is 3. The number of carbonyl (C=O) groups is 1. The fourth-order valence-corrected chi connectivity index (χ4v) is 2.59. The van der Waals surface area contributed by atoms with Crippen molar-refractivity contribution in [2.45, 2.75) is 26.2 Å². The van der Waals surface area contributed by atoms with E-state index in [4.69, 9.17) is 4.74 Å². The van der Waals surface area contributed by atoms with Crippen LogP contribution in [0.25, 0.3) is 11.0 Å². The molecule has 0 bridgehead atoms. The van der Waals surface area contributed by atoms with Gasteiger partial charge in [0.25, 0.3) is 0 Å². The van der Waals surface area contributed by atoms with Gasteiger partial charge >= 0.3 is 5.97 Å². The highest BCUT2D eigenvalue weighted by atomic mass is 16.5. The van der Waals surface area contributed by atoms with Crippen LogP contribution >= 0.6 is 0 Å². The van der Waals surface area contributed by atoms with E-state index < -0.39 is 0 Å². The molecule has 0 radical (unpaired) electrons. The number of piperidine rings is 1. The number of nitrogens with zero attached hydrogens (tertiary/aromatic N) is 2. The number of esters is 1. The molecule has 5 nitrogen and oxygen atoms in total. The summed E-state index contributed by atoms with van der Waals surface area (Å²) in [6.45, 7) is 4.29. The summed E-state index contributed by atoms with van der Waals surface area (Å²) in [7, 11) is 0. The maximum atomic E-state index is 11.7. The van der Waals surface area contributed by atoms with E-state index in [0.29, 0.717) is 12.2 Å². The second-order valence-electron chi connectivity index (χ2n) is 5.06. The lowest BCUT2D eigenvalue weighted by Crippen LogP contribution is -2.30. The summed E-state index contributed by atoms with van der Waals surface area (Å²) in [6.07, 6.45) is 3.72. The average molecular weight is 273 g/mol. The molecule has 1 saturated heterocycles. The zero-order valence-electron chi connectivity index (χ0n) is 11.7. The SMILES string of the molecule is CCOC(=O)c1ccc2nc(N3CCCCC3)[nH]c2c1. The molecule has 2 aromatic rings. The molecule has 0 unspecified atom stereocenters. The molecule has 1 aliphatic rings.